The van der Waals surface area contributed by atoms with E-state index < -0.39 is 29.6 Å². The van der Waals surface area contributed by atoms with Crippen molar-refractivity contribution in [3.05, 3.63) is 0 Å². The number of carbonyl (C=O) groups excluding carboxylic acids is 2. The first-order valence-corrected chi connectivity index (χ1v) is 5.39. The zero-order chi connectivity index (χ0) is 12.4. The van der Waals surface area contributed by atoms with Crippen LogP contribution < -0.4 is 0 Å². The molecule has 0 aliphatic heterocycles. The highest BCUT2D eigenvalue weighted by Crippen LogP contribution is 2.50. The molecule has 0 aromatic carbocycles. The van der Waals surface area contributed by atoms with E-state index in [1.54, 1.807) is 0 Å². The van der Waals surface area contributed by atoms with Crippen molar-refractivity contribution in [3.8, 4) is 0 Å². The summed E-state index contributed by atoms with van der Waals surface area (Å²) in [6.07, 6.45) is -3.91. The van der Waals surface area contributed by atoms with Gasteiger partial charge in [-0.3, -0.25) is 9.59 Å². The van der Waals surface area contributed by atoms with Gasteiger partial charge in [0.1, 0.15) is 11.2 Å². The van der Waals surface area contributed by atoms with E-state index in [-0.39, 0.29) is 12.8 Å². The average molecular weight is 236 g/mol. The molecular weight excluding hydrogens is 221 g/mol. The topological polar surface area (TPSA) is 34.1 Å². The van der Waals surface area contributed by atoms with Crippen molar-refractivity contribution < 1.29 is 22.8 Å². The predicted octanol–water partition coefficient (Wildman–Crippen LogP) is 3.05. The third-order valence-corrected chi connectivity index (χ3v) is 3.19. The molecule has 0 bridgehead atoms. The van der Waals surface area contributed by atoms with E-state index in [0.717, 1.165) is 13.3 Å². The van der Waals surface area contributed by atoms with E-state index in [1.165, 1.54) is 0 Å². The Balaban J connectivity index is 2.94. The fourth-order valence-corrected chi connectivity index (χ4v) is 2.27. The molecule has 0 unspecified atom stereocenters. The van der Waals surface area contributed by atoms with Gasteiger partial charge in [0, 0.05) is 0 Å². The van der Waals surface area contributed by atoms with E-state index in [2.05, 4.69) is 0 Å². The van der Waals surface area contributed by atoms with Gasteiger partial charge in [0.25, 0.3) is 0 Å². The molecule has 1 aliphatic rings. The Labute approximate surface area is 92.2 Å². The first-order chi connectivity index (χ1) is 7.29. The van der Waals surface area contributed by atoms with Crippen LogP contribution in [-0.4, -0.2) is 17.7 Å². The SMILES string of the molecule is CC(=O)CC(=O)C1(C(F)(F)F)CCCCC1. The molecule has 0 atom stereocenters. The van der Waals surface area contributed by atoms with Crippen LogP contribution in [0.25, 0.3) is 0 Å². The zero-order valence-electron chi connectivity index (χ0n) is 9.19. The van der Waals surface area contributed by atoms with Gasteiger partial charge in [-0.05, 0) is 19.8 Å². The average Bonchev–Trinajstić information content (AvgIpc) is 2.16. The molecule has 2 nitrogen and oxygen atoms in total. The maximum Gasteiger partial charge on any atom is 0.401 e. The van der Waals surface area contributed by atoms with Crippen molar-refractivity contribution in [2.75, 3.05) is 0 Å². The maximum atomic E-state index is 13.0. The van der Waals surface area contributed by atoms with Crippen LogP contribution in [-0.2, 0) is 9.59 Å². The molecule has 0 aromatic heterocycles. The minimum absolute atomic E-state index is 0.164. The summed E-state index contributed by atoms with van der Waals surface area (Å²) < 4.78 is 38.9. The summed E-state index contributed by atoms with van der Waals surface area (Å²) in [5, 5.41) is 0. The molecule has 0 radical (unpaired) electrons. The summed E-state index contributed by atoms with van der Waals surface area (Å²) in [4.78, 5) is 22.4. The van der Waals surface area contributed by atoms with Crippen molar-refractivity contribution in [2.45, 2.75) is 51.6 Å². The number of hydrogen-bond donors (Lipinski definition) is 0. The van der Waals surface area contributed by atoms with Crippen LogP contribution in [0, 0.1) is 5.41 Å². The maximum absolute atomic E-state index is 13.0. The molecule has 0 heterocycles. The summed E-state index contributed by atoms with van der Waals surface area (Å²) in [7, 11) is 0. The molecule has 0 spiro atoms. The lowest BCUT2D eigenvalue weighted by Crippen LogP contribution is -2.47. The summed E-state index contributed by atoms with van der Waals surface area (Å²) in [5.41, 5.74) is -2.25. The smallest absolute Gasteiger partial charge is 0.300 e. The van der Waals surface area contributed by atoms with Gasteiger partial charge in [0.2, 0.25) is 0 Å². The Bertz CT molecular complexity index is 288. The van der Waals surface area contributed by atoms with Crippen LogP contribution in [0.4, 0.5) is 13.2 Å². The Hall–Kier alpha value is -0.870. The standard InChI is InChI=1S/C11H15F3O2/c1-8(15)7-9(16)10(11(12,13)14)5-3-2-4-6-10/h2-7H2,1H3. The van der Waals surface area contributed by atoms with Crippen LogP contribution in [0.3, 0.4) is 0 Å². The zero-order valence-corrected chi connectivity index (χ0v) is 9.19. The molecular formula is C11H15F3O2. The summed E-state index contributed by atoms with van der Waals surface area (Å²) in [6.45, 7) is 1.14. The van der Waals surface area contributed by atoms with Gasteiger partial charge < -0.3 is 0 Å². The number of alkyl halides is 3. The Morgan fingerprint density at radius 2 is 1.62 bits per heavy atom. The van der Waals surface area contributed by atoms with Crippen molar-refractivity contribution in [1.82, 2.24) is 0 Å². The second-order valence-electron chi connectivity index (χ2n) is 4.44. The number of Topliss-reactive ketones (excluding diaryl/α,β-unsaturated/α-hetero) is 2. The van der Waals surface area contributed by atoms with Gasteiger partial charge in [-0.2, -0.15) is 13.2 Å². The number of halogens is 3. The van der Waals surface area contributed by atoms with Gasteiger partial charge in [-0.15, -0.1) is 0 Å². The molecule has 92 valence electrons. The molecule has 16 heavy (non-hydrogen) atoms. The van der Waals surface area contributed by atoms with Crippen LogP contribution in [0.15, 0.2) is 0 Å². The lowest BCUT2D eigenvalue weighted by Gasteiger charge is -2.37. The Kier molecular flexibility index (Phi) is 3.76. The van der Waals surface area contributed by atoms with Gasteiger partial charge in [-0.25, -0.2) is 0 Å². The highest BCUT2D eigenvalue weighted by Gasteiger charge is 2.59. The normalized spacial score (nSPS) is 20.5. The van der Waals surface area contributed by atoms with Gasteiger partial charge in [0.15, 0.2) is 5.78 Å². The van der Waals surface area contributed by atoms with E-state index >= 15 is 0 Å². The van der Waals surface area contributed by atoms with Crippen LogP contribution in [0.2, 0.25) is 0 Å². The lowest BCUT2D eigenvalue weighted by molar-refractivity contribution is -0.228. The number of hydrogen-bond acceptors (Lipinski definition) is 2. The molecule has 0 amide bonds. The van der Waals surface area contributed by atoms with E-state index in [9.17, 15) is 22.8 Å². The van der Waals surface area contributed by atoms with E-state index in [4.69, 9.17) is 0 Å². The molecule has 0 N–H and O–H groups in total. The molecule has 0 saturated heterocycles. The summed E-state index contributed by atoms with van der Waals surface area (Å²) in [5.74, 6) is -1.45. The highest BCUT2D eigenvalue weighted by molar-refractivity contribution is 6.01. The monoisotopic (exact) mass is 236 g/mol. The van der Waals surface area contributed by atoms with Crippen molar-refractivity contribution in [1.29, 1.82) is 0 Å². The van der Waals surface area contributed by atoms with Crippen LogP contribution in [0.5, 0.6) is 0 Å². The minimum atomic E-state index is -4.53. The Morgan fingerprint density at radius 3 is 2.00 bits per heavy atom. The molecule has 1 rings (SSSR count). The van der Waals surface area contributed by atoms with Crippen LogP contribution in [0.1, 0.15) is 45.4 Å². The number of ketones is 2. The van der Waals surface area contributed by atoms with Crippen molar-refractivity contribution >= 4 is 11.6 Å². The first-order valence-electron chi connectivity index (χ1n) is 5.39. The second-order valence-corrected chi connectivity index (χ2v) is 4.44. The minimum Gasteiger partial charge on any atom is -0.300 e. The number of rotatable bonds is 3. The van der Waals surface area contributed by atoms with E-state index in [0.29, 0.717) is 12.8 Å². The largest absolute Gasteiger partial charge is 0.401 e. The summed E-state index contributed by atoms with van der Waals surface area (Å²) in [6, 6.07) is 0. The molecule has 0 aromatic rings. The second kappa shape index (κ2) is 4.55. The molecule has 1 aliphatic carbocycles. The fraction of sp³-hybridized carbons (Fsp3) is 0.818. The summed E-state index contributed by atoms with van der Waals surface area (Å²) >= 11 is 0. The molecule has 1 fully saturated rings. The highest BCUT2D eigenvalue weighted by atomic mass is 19.4. The Morgan fingerprint density at radius 1 is 1.12 bits per heavy atom. The van der Waals surface area contributed by atoms with E-state index in [1.807, 2.05) is 0 Å². The number of carbonyl (C=O) groups is 2. The van der Waals surface area contributed by atoms with Crippen LogP contribution >= 0.6 is 0 Å². The van der Waals surface area contributed by atoms with Crippen molar-refractivity contribution in [3.63, 3.8) is 0 Å². The van der Waals surface area contributed by atoms with Crippen molar-refractivity contribution in [2.24, 2.45) is 5.41 Å². The van der Waals surface area contributed by atoms with Gasteiger partial charge >= 0.3 is 6.18 Å². The third-order valence-electron chi connectivity index (χ3n) is 3.19. The third kappa shape index (κ3) is 2.44. The van der Waals surface area contributed by atoms with Gasteiger partial charge in [-0.1, -0.05) is 19.3 Å². The molecule has 5 heteroatoms. The quantitative estimate of drug-likeness (QED) is 0.706. The predicted molar refractivity (Wildman–Crippen MR) is 51.9 cm³/mol. The first kappa shape index (κ1) is 13.2. The fourth-order valence-electron chi connectivity index (χ4n) is 2.27. The van der Waals surface area contributed by atoms with Gasteiger partial charge in [0.05, 0.1) is 6.42 Å². The lowest BCUT2D eigenvalue weighted by atomic mass is 9.69. The molecule has 1 saturated carbocycles.